The number of halogens is 2. The maximum Gasteiger partial charge on any atom is 0.282 e. The molecule has 162 valence electrons. The van der Waals surface area contributed by atoms with E-state index < -0.39 is 29.1 Å². The maximum atomic E-state index is 14.5. The molecular weight excluding hydrogens is 418 g/mol. The second-order valence-electron chi connectivity index (χ2n) is 6.88. The Hall–Kier alpha value is -4.20. The van der Waals surface area contributed by atoms with Crippen LogP contribution in [0, 0.1) is 11.6 Å². The minimum absolute atomic E-state index is 0.0177. The Bertz CT molecular complexity index is 1240. The van der Waals surface area contributed by atoms with Gasteiger partial charge in [0.25, 0.3) is 11.8 Å². The fourth-order valence-electron chi connectivity index (χ4n) is 3.39. The van der Waals surface area contributed by atoms with Crippen LogP contribution in [0.5, 0.6) is 11.5 Å². The van der Waals surface area contributed by atoms with Gasteiger partial charge < -0.3 is 14.8 Å². The van der Waals surface area contributed by atoms with Crippen molar-refractivity contribution < 1.29 is 27.8 Å². The summed E-state index contributed by atoms with van der Waals surface area (Å²) in [4.78, 5) is 27.2. The fourth-order valence-corrected chi connectivity index (χ4v) is 3.39. The van der Waals surface area contributed by atoms with Gasteiger partial charge in [-0.05, 0) is 42.0 Å². The molecule has 1 heterocycles. The van der Waals surface area contributed by atoms with Crippen LogP contribution in [0.3, 0.4) is 0 Å². The van der Waals surface area contributed by atoms with E-state index in [9.17, 15) is 18.4 Å². The lowest BCUT2D eigenvalue weighted by molar-refractivity contribution is -0.120. The first-order valence-electron chi connectivity index (χ1n) is 9.56. The molecule has 0 spiro atoms. The van der Waals surface area contributed by atoms with Gasteiger partial charge in [-0.25, -0.2) is 13.7 Å². The molecule has 3 aromatic rings. The number of nitrogens with one attached hydrogen (secondary N) is 1. The van der Waals surface area contributed by atoms with E-state index in [1.165, 1.54) is 14.2 Å². The molecule has 8 heteroatoms. The maximum absolute atomic E-state index is 14.5. The summed E-state index contributed by atoms with van der Waals surface area (Å²) in [5.74, 6) is -2.18. The van der Waals surface area contributed by atoms with Crippen LogP contribution in [-0.2, 0) is 9.59 Å². The fraction of sp³-hybridized carbons (Fsp3) is 0.0833. The molecule has 0 atom stereocenters. The summed E-state index contributed by atoms with van der Waals surface area (Å²) in [6.07, 6.45) is 0. The number of hydrogen-bond acceptors (Lipinski definition) is 5. The predicted octanol–water partition coefficient (Wildman–Crippen LogP) is 4.38. The number of ether oxygens (including phenoxy) is 2. The van der Waals surface area contributed by atoms with Gasteiger partial charge in [0.15, 0.2) is 0 Å². The first-order chi connectivity index (χ1) is 15.4. The largest absolute Gasteiger partial charge is 0.497 e. The lowest BCUT2D eigenvalue weighted by Crippen LogP contribution is -2.33. The quantitative estimate of drug-likeness (QED) is 0.581. The topological polar surface area (TPSA) is 67.9 Å². The monoisotopic (exact) mass is 436 g/mol. The molecule has 1 N–H and O–H groups in total. The molecule has 0 aliphatic carbocycles. The van der Waals surface area contributed by atoms with Crippen LogP contribution >= 0.6 is 0 Å². The van der Waals surface area contributed by atoms with Gasteiger partial charge in [0.05, 0.1) is 25.5 Å². The highest BCUT2D eigenvalue weighted by atomic mass is 19.1. The van der Waals surface area contributed by atoms with Crippen molar-refractivity contribution in [1.29, 1.82) is 0 Å². The zero-order chi connectivity index (χ0) is 22.8. The second-order valence-corrected chi connectivity index (χ2v) is 6.88. The number of benzene rings is 3. The summed E-state index contributed by atoms with van der Waals surface area (Å²) in [5, 5.41) is 2.95. The van der Waals surface area contributed by atoms with Crippen molar-refractivity contribution in [3.8, 4) is 11.5 Å². The van der Waals surface area contributed by atoms with Crippen molar-refractivity contribution in [2.75, 3.05) is 24.4 Å². The first kappa shape index (κ1) is 21.0. The van der Waals surface area contributed by atoms with Crippen LogP contribution < -0.4 is 19.7 Å². The van der Waals surface area contributed by atoms with E-state index in [2.05, 4.69) is 5.32 Å². The average molecular weight is 436 g/mol. The van der Waals surface area contributed by atoms with Crippen LogP contribution in [0.15, 0.2) is 72.4 Å². The lowest BCUT2D eigenvalue weighted by atomic mass is 10.0. The average Bonchev–Trinajstić information content (AvgIpc) is 3.05. The molecule has 2 amide bonds. The number of rotatable bonds is 6. The van der Waals surface area contributed by atoms with Crippen LogP contribution in [0.4, 0.5) is 20.2 Å². The number of carbonyl (C=O) groups excluding carboxylic acids is 2. The van der Waals surface area contributed by atoms with E-state index in [1.807, 2.05) is 0 Å². The molecule has 0 unspecified atom stereocenters. The molecule has 0 aromatic heterocycles. The Morgan fingerprint density at radius 3 is 2.22 bits per heavy atom. The Balaban J connectivity index is 1.84. The first-order valence-corrected chi connectivity index (χ1v) is 9.56. The molecule has 3 aromatic carbocycles. The molecule has 32 heavy (non-hydrogen) atoms. The molecule has 6 nitrogen and oxygen atoms in total. The molecule has 0 saturated carbocycles. The van der Waals surface area contributed by atoms with E-state index in [1.54, 1.807) is 48.5 Å². The highest BCUT2D eigenvalue weighted by Crippen LogP contribution is 2.36. The second kappa shape index (κ2) is 8.50. The van der Waals surface area contributed by atoms with Gasteiger partial charge in [-0.15, -0.1) is 0 Å². The Labute approximate surface area is 182 Å². The van der Waals surface area contributed by atoms with Crippen molar-refractivity contribution in [3.63, 3.8) is 0 Å². The van der Waals surface area contributed by atoms with Gasteiger partial charge in [-0.2, -0.15) is 0 Å². The van der Waals surface area contributed by atoms with Gasteiger partial charge in [-0.1, -0.05) is 18.2 Å². The van der Waals surface area contributed by atoms with E-state index in [4.69, 9.17) is 9.47 Å². The number of anilines is 2. The van der Waals surface area contributed by atoms with Crippen molar-refractivity contribution in [2.45, 2.75) is 0 Å². The smallest absolute Gasteiger partial charge is 0.282 e. The standard InChI is InChI=1S/C24H18F2N2O4/c1-31-17-9-6-14(7-10-17)21-22(27-16-4-3-5-18(13-16)32-2)24(30)28(23(21)29)20-12-15(25)8-11-19(20)26/h3-13,27H,1-2H3. The minimum Gasteiger partial charge on any atom is -0.497 e. The van der Waals surface area contributed by atoms with E-state index in [0.29, 0.717) is 27.6 Å². The van der Waals surface area contributed by atoms with Crippen molar-refractivity contribution in [3.05, 3.63) is 89.6 Å². The van der Waals surface area contributed by atoms with Crippen LogP contribution in [0.25, 0.3) is 5.57 Å². The molecule has 0 bridgehead atoms. The number of nitrogens with zero attached hydrogens (tertiary/aromatic N) is 1. The summed E-state index contributed by atoms with van der Waals surface area (Å²) in [5.41, 5.74) is 0.372. The van der Waals surface area contributed by atoms with E-state index in [0.717, 1.165) is 18.2 Å². The van der Waals surface area contributed by atoms with Crippen LogP contribution in [0.1, 0.15) is 5.56 Å². The van der Waals surface area contributed by atoms with Gasteiger partial charge in [0.2, 0.25) is 0 Å². The summed E-state index contributed by atoms with van der Waals surface area (Å²) in [7, 11) is 3.00. The third-order valence-corrected chi connectivity index (χ3v) is 4.95. The third kappa shape index (κ3) is 3.78. The summed E-state index contributed by atoms with van der Waals surface area (Å²) in [6.45, 7) is 0. The summed E-state index contributed by atoms with van der Waals surface area (Å²) >= 11 is 0. The van der Waals surface area contributed by atoms with Gasteiger partial charge in [0.1, 0.15) is 28.8 Å². The van der Waals surface area contributed by atoms with E-state index in [-0.39, 0.29) is 11.3 Å². The molecular formula is C24H18F2N2O4. The minimum atomic E-state index is -0.898. The number of amides is 2. The number of carbonyl (C=O) groups is 2. The Morgan fingerprint density at radius 1 is 0.812 bits per heavy atom. The predicted molar refractivity (Wildman–Crippen MR) is 115 cm³/mol. The van der Waals surface area contributed by atoms with E-state index >= 15 is 0 Å². The highest BCUT2D eigenvalue weighted by molar-refractivity contribution is 6.46. The molecule has 0 saturated heterocycles. The summed E-state index contributed by atoms with van der Waals surface area (Å²) < 4.78 is 38.6. The molecule has 1 aliphatic heterocycles. The molecule has 0 fully saturated rings. The molecule has 4 rings (SSSR count). The normalized spacial score (nSPS) is 13.6. The lowest BCUT2D eigenvalue weighted by Gasteiger charge is -2.16. The third-order valence-electron chi connectivity index (χ3n) is 4.95. The number of hydrogen-bond donors (Lipinski definition) is 1. The van der Waals surface area contributed by atoms with Crippen molar-refractivity contribution in [1.82, 2.24) is 0 Å². The highest BCUT2D eigenvalue weighted by Gasteiger charge is 2.41. The van der Waals surface area contributed by atoms with Gasteiger partial charge >= 0.3 is 0 Å². The van der Waals surface area contributed by atoms with Gasteiger partial charge in [0, 0.05) is 17.8 Å². The van der Waals surface area contributed by atoms with Gasteiger partial charge in [-0.3, -0.25) is 9.59 Å². The van der Waals surface area contributed by atoms with Crippen molar-refractivity contribution >= 4 is 28.8 Å². The number of imide groups is 1. The summed E-state index contributed by atoms with van der Waals surface area (Å²) in [6, 6.07) is 15.8. The molecule has 0 radical (unpaired) electrons. The molecule has 1 aliphatic rings. The zero-order valence-corrected chi connectivity index (χ0v) is 17.2. The number of methoxy groups -OCH3 is 2. The zero-order valence-electron chi connectivity index (χ0n) is 17.2. The SMILES string of the molecule is COc1ccc(C2=C(Nc3cccc(OC)c3)C(=O)N(c3cc(F)ccc3F)C2=O)cc1. The van der Waals surface area contributed by atoms with Crippen LogP contribution in [-0.4, -0.2) is 26.0 Å². The van der Waals surface area contributed by atoms with Crippen LogP contribution in [0.2, 0.25) is 0 Å². The van der Waals surface area contributed by atoms with Crippen molar-refractivity contribution in [2.24, 2.45) is 0 Å². The Morgan fingerprint density at radius 2 is 1.53 bits per heavy atom. The Kier molecular flexibility index (Phi) is 5.59.